The summed E-state index contributed by atoms with van der Waals surface area (Å²) in [7, 11) is 2.61. The van der Waals surface area contributed by atoms with Crippen molar-refractivity contribution in [2.45, 2.75) is 18.8 Å². The van der Waals surface area contributed by atoms with Crippen LogP contribution in [0.2, 0.25) is 5.02 Å². The number of ether oxygens (including phenoxy) is 2. The number of amides is 4. The second-order valence-corrected chi connectivity index (χ2v) is 9.06. The van der Waals surface area contributed by atoms with Gasteiger partial charge in [0.25, 0.3) is 11.8 Å². The third-order valence-electron chi connectivity index (χ3n) is 6.18. The summed E-state index contributed by atoms with van der Waals surface area (Å²) in [4.78, 5) is 67.2. The minimum Gasteiger partial charge on any atom is -0.497 e. The zero-order valence-corrected chi connectivity index (χ0v) is 22.1. The van der Waals surface area contributed by atoms with E-state index in [2.05, 4.69) is 5.32 Å². The Bertz CT molecular complexity index is 1460. The van der Waals surface area contributed by atoms with E-state index < -0.39 is 41.9 Å². The van der Waals surface area contributed by atoms with Crippen LogP contribution in [0.5, 0.6) is 5.75 Å². The molecule has 1 aliphatic heterocycles. The van der Waals surface area contributed by atoms with Crippen LogP contribution >= 0.6 is 11.6 Å². The summed E-state index contributed by atoms with van der Waals surface area (Å²) in [6, 6.07) is 15.1. The molecule has 2 N–H and O–H groups in total. The van der Waals surface area contributed by atoms with E-state index in [0.717, 1.165) is 4.90 Å². The van der Waals surface area contributed by atoms with E-state index in [0.29, 0.717) is 16.2 Å². The number of halogens is 1. The number of esters is 1. The van der Waals surface area contributed by atoms with Crippen LogP contribution in [0.4, 0.5) is 10.5 Å². The second-order valence-electron chi connectivity index (χ2n) is 8.65. The van der Waals surface area contributed by atoms with E-state index >= 15 is 0 Å². The molecule has 40 heavy (non-hydrogen) atoms. The third kappa shape index (κ3) is 5.65. The number of carbonyl (C=O) groups excluding carboxylic acids is 5. The maximum atomic E-state index is 13.7. The monoisotopic (exact) mass is 565 g/mol. The highest BCUT2D eigenvalue weighted by Crippen LogP contribution is 2.28. The van der Waals surface area contributed by atoms with Crippen molar-refractivity contribution >= 4 is 46.9 Å². The van der Waals surface area contributed by atoms with Gasteiger partial charge in [-0.15, -0.1) is 0 Å². The average Bonchev–Trinajstić information content (AvgIpc) is 3.17. The fourth-order valence-corrected chi connectivity index (χ4v) is 4.27. The van der Waals surface area contributed by atoms with Gasteiger partial charge in [0.2, 0.25) is 6.23 Å². The smallest absolute Gasteiger partial charge is 0.337 e. The number of Topliss-reactive ketones (excluding diaryl/α,β-unsaturated/α-hetero) is 1. The molecule has 3 aromatic carbocycles. The number of hydrogen-bond acceptors (Lipinski definition) is 8. The SMILES string of the molecule is COC(=O)c1ccc(Cl)c(NC(=O)C(C(=O)c2ccc(OC)cc2)N2C(=O)C(O)N(Cc3ccccc3)C2=O)c1. The minimum absolute atomic E-state index is 0.00745. The first kappa shape index (κ1) is 28.3. The van der Waals surface area contributed by atoms with Gasteiger partial charge in [-0.1, -0.05) is 41.9 Å². The molecule has 1 heterocycles. The molecule has 2 atom stereocenters. The fraction of sp³-hybridized carbons (Fsp3) is 0.179. The van der Waals surface area contributed by atoms with Crippen LogP contribution in [0.1, 0.15) is 26.3 Å². The number of aliphatic hydroxyl groups excluding tert-OH is 1. The number of imide groups is 1. The highest BCUT2D eigenvalue weighted by Gasteiger charge is 2.51. The van der Waals surface area contributed by atoms with Gasteiger partial charge in [-0.05, 0) is 48.0 Å². The lowest BCUT2D eigenvalue weighted by Gasteiger charge is -2.25. The molecular formula is C28H24ClN3O8. The summed E-state index contributed by atoms with van der Waals surface area (Å²) in [6.45, 7) is -0.152. The van der Waals surface area contributed by atoms with Gasteiger partial charge < -0.3 is 19.9 Å². The Balaban J connectivity index is 1.72. The number of ketones is 1. The number of rotatable bonds is 9. The molecule has 2 unspecified atom stereocenters. The maximum Gasteiger partial charge on any atom is 0.337 e. The molecule has 1 fully saturated rings. The lowest BCUT2D eigenvalue weighted by molar-refractivity contribution is -0.140. The third-order valence-corrected chi connectivity index (χ3v) is 6.51. The number of nitrogens with one attached hydrogen (secondary N) is 1. The molecule has 206 valence electrons. The summed E-state index contributed by atoms with van der Waals surface area (Å²) in [6.07, 6.45) is -1.93. The highest BCUT2D eigenvalue weighted by atomic mass is 35.5. The molecule has 1 saturated heterocycles. The number of methoxy groups -OCH3 is 2. The first-order chi connectivity index (χ1) is 19.2. The van der Waals surface area contributed by atoms with E-state index in [1.54, 1.807) is 30.3 Å². The van der Waals surface area contributed by atoms with Gasteiger partial charge in [0.1, 0.15) is 5.75 Å². The minimum atomic E-state index is -2.03. The molecule has 0 bridgehead atoms. The normalized spacial score (nSPS) is 15.6. The molecule has 11 nitrogen and oxygen atoms in total. The number of carbonyl (C=O) groups is 5. The predicted octanol–water partition coefficient (Wildman–Crippen LogP) is 3.11. The second kappa shape index (κ2) is 12.0. The number of nitrogens with zero attached hydrogens (tertiary/aromatic N) is 2. The van der Waals surface area contributed by atoms with Gasteiger partial charge in [-0.2, -0.15) is 0 Å². The van der Waals surface area contributed by atoms with Gasteiger partial charge in [-0.25, -0.2) is 14.5 Å². The zero-order valence-electron chi connectivity index (χ0n) is 21.4. The summed E-state index contributed by atoms with van der Waals surface area (Å²) in [5.74, 6) is -3.43. The Kier molecular flexibility index (Phi) is 8.46. The van der Waals surface area contributed by atoms with Crippen LogP contribution in [0.15, 0.2) is 72.8 Å². The van der Waals surface area contributed by atoms with Gasteiger partial charge in [0.15, 0.2) is 11.8 Å². The fourth-order valence-electron chi connectivity index (χ4n) is 4.10. The quantitative estimate of drug-likeness (QED) is 0.174. The van der Waals surface area contributed by atoms with Crippen molar-refractivity contribution in [1.82, 2.24) is 9.80 Å². The first-order valence-electron chi connectivity index (χ1n) is 11.9. The van der Waals surface area contributed by atoms with Crippen LogP contribution in [0, 0.1) is 0 Å². The van der Waals surface area contributed by atoms with Crippen LogP contribution in [0.3, 0.4) is 0 Å². The van der Waals surface area contributed by atoms with E-state index in [1.807, 2.05) is 0 Å². The summed E-state index contributed by atoms with van der Waals surface area (Å²) >= 11 is 6.22. The molecular weight excluding hydrogens is 542 g/mol. The van der Waals surface area contributed by atoms with E-state index in [9.17, 15) is 29.1 Å². The van der Waals surface area contributed by atoms with Crippen molar-refractivity contribution in [3.05, 3.63) is 94.5 Å². The largest absolute Gasteiger partial charge is 0.497 e. The molecule has 0 saturated carbocycles. The highest BCUT2D eigenvalue weighted by molar-refractivity contribution is 6.34. The lowest BCUT2D eigenvalue weighted by Crippen LogP contribution is -2.52. The number of urea groups is 1. The number of benzene rings is 3. The van der Waals surface area contributed by atoms with E-state index in [4.69, 9.17) is 21.1 Å². The summed E-state index contributed by atoms with van der Waals surface area (Å²) in [5.41, 5.74) is 0.589. The molecule has 0 aromatic heterocycles. The van der Waals surface area contributed by atoms with E-state index in [-0.39, 0.29) is 28.4 Å². The Morgan fingerprint density at radius 3 is 2.25 bits per heavy atom. The number of anilines is 1. The lowest BCUT2D eigenvalue weighted by atomic mass is 10.0. The van der Waals surface area contributed by atoms with Crippen LogP contribution in [-0.2, 0) is 20.9 Å². The molecule has 0 aliphatic carbocycles. The summed E-state index contributed by atoms with van der Waals surface area (Å²) < 4.78 is 9.80. The Hall–Kier alpha value is -4.74. The van der Waals surface area contributed by atoms with Crippen molar-refractivity contribution in [3.8, 4) is 5.75 Å². The molecule has 0 spiro atoms. The standard InChI is InChI=1S/C28H24ClN3O8/c1-39-19-11-8-17(9-12-19)23(33)22(24(34)30-21-14-18(27(37)40-2)10-13-20(21)29)32-26(36)25(35)31(28(32)38)15-16-6-4-3-5-7-16/h3-14,22,25,35H,15H2,1-2H3,(H,30,34). The van der Waals surface area contributed by atoms with Gasteiger partial charge in [0.05, 0.1) is 37.0 Å². The van der Waals surface area contributed by atoms with Gasteiger partial charge in [-0.3, -0.25) is 19.3 Å². The van der Waals surface area contributed by atoms with Crippen molar-refractivity contribution in [1.29, 1.82) is 0 Å². The maximum absolute atomic E-state index is 13.7. The Morgan fingerprint density at radius 1 is 0.975 bits per heavy atom. The zero-order chi connectivity index (χ0) is 29.0. The predicted molar refractivity (Wildman–Crippen MR) is 143 cm³/mol. The molecule has 3 aromatic rings. The Labute approximate surface area is 233 Å². The van der Waals surface area contributed by atoms with Crippen LogP contribution in [-0.4, -0.2) is 71.0 Å². The van der Waals surface area contributed by atoms with Crippen molar-refractivity contribution in [2.24, 2.45) is 0 Å². The Morgan fingerprint density at radius 2 is 1.62 bits per heavy atom. The van der Waals surface area contributed by atoms with Crippen molar-refractivity contribution < 1.29 is 38.6 Å². The molecule has 4 amide bonds. The molecule has 1 aliphatic rings. The van der Waals surface area contributed by atoms with E-state index in [1.165, 1.54) is 56.7 Å². The molecule has 0 radical (unpaired) electrons. The van der Waals surface area contributed by atoms with Crippen molar-refractivity contribution in [3.63, 3.8) is 0 Å². The number of hydrogen-bond donors (Lipinski definition) is 2. The van der Waals surface area contributed by atoms with Crippen LogP contribution in [0.25, 0.3) is 0 Å². The van der Waals surface area contributed by atoms with Gasteiger partial charge in [0, 0.05) is 5.56 Å². The topological polar surface area (TPSA) is 143 Å². The summed E-state index contributed by atoms with van der Waals surface area (Å²) in [5, 5.41) is 13.1. The molecule has 4 rings (SSSR count). The average molecular weight is 566 g/mol. The first-order valence-corrected chi connectivity index (χ1v) is 12.3. The van der Waals surface area contributed by atoms with Gasteiger partial charge >= 0.3 is 12.0 Å². The molecule has 12 heteroatoms. The van der Waals surface area contributed by atoms with Crippen LogP contribution < -0.4 is 10.1 Å². The van der Waals surface area contributed by atoms with Crippen molar-refractivity contribution in [2.75, 3.05) is 19.5 Å². The number of aliphatic hydroxyl groups is 1.